The third-order valence-corrected chi connectivity index (χ3v) is 5.96. The summed E-state index contributed by atoms with van der Waals surface area (Å²) in [6, 6.07) is 9.11. The molecule has 4 heterocycles. The van der Waals surface area contributed by atoms with Crippen molar-refractivity contribution in [1.82, 2.24) is 0 Å². The van der Waals surface area contributed by atoms with E-state index in [2.05, 4.69) is 0 Å². The van der Waals surface area contributed by atoms with E-state index >= 15 is 0 Å². The second-order valence-corrected chi connectivity index (χ2v) is 7.87. The number of hydrogen-bond acceptors (Lipinski definition) is 6. The lowest BCUT2D eigenvalue weighted by atomic mass is 9.74. The summed E-state index contributed by atoms with van der Waals surface area (Å²) in [5.74, 6) is -5.36. The molecule has 2 N–H and O–H groups in total. The van der Waals surface area contributed by atoms with Gasteiger partial charge in [-0.15, -0.1) is 0 Å². The molecule has 4 aliphatic rings. The van der Waals surface area contributed by atoms with Gasteiger partial charge in [-0.05, 0) is 40.2 Å². The summed E-state index contributed by atoms with van der Waals surface area (Å²) < 4.78 is 24.3. The van der Waals surface area contributed by atoms with E-state index in [4.69, 9.17) is 18.9 Å². The van der Waals surface area contributed by atoms with Crippen LogP contribution in [0.5, 0.6) is 0 Å². The van der Waals surface area contributed by atoms with Crippen molar-refractivity contribution in [3.05, 3.63) is 35.9 Å². The van der Waals surface area contributed by atoms with Gasteiger partial charge in [-0.1, -0.05) is 30.3 Å². The molecule has 6 heteroatoms. The predicted molar refractivity (Wildman–Crippen MR) is 83.5 cm³/mol. The van der Waals surface area contributed by atoms with Gasteiger partial charge in [-0.3, -0.25) is 0 Å². The summed E-state index contributed by atoms with van der Waals surface area (Å²) >= 11 is 0. The van der Waals surface area contributed by atoms with Crippen LogP contribution >= 0.6 is 0 Å². The Morgan fingerprint density at radius 3 is 1.67 bits per heavy atom. The topological polar surface area (TPSA) is 77.4 Å². The zero-order chi connectivity index (χ0) is 17.6. The Bertz CT molecular complexity index is 668. The average molecular weight is 336 g/mol. The minimum absolute atomic E-state index is 0.0802. The molecular weight excluding hydrogens is 312 g/mol. The van der Waals surface area contributed by atoms with E-state index < -0.39 is 34.4 Å². The Balaban J connectivity index is 1.95. The molecule has 1 aromatic rings. The van der Waals surface area contributed by atoms with Gasteiger partial charge in [-0.2, -0.15) is 0 Å². The van der Waals surface area contributed by atoms with Gasteiger partial charge in [0.2, 0.25) is 23.1 Å². The SMILES string of the molecule is CC12O[C@@]3(C)OC(C)(O[C@@]3(C)O1)[C@@](O)(c1ccccc1)C[C@]2(C)O. The standard InChI is InChI=1S/C18H24O6/c1-13(19)11-18(20,12-9-7-6-8-10-12)17(5)23-15(3)16(4,24-17)22-14(13,2)21-15/h6-10,19-20H,11H2,1-5H3/t13-,14?,15-,16+,17?,18-/m0/s1. The Labute approximate surface area is 141 Å². The molecule has 0 aromatic heterocycles. The Morgan fingerprint density at radius 1 is 0.708 bits per heavy atom. The van der Waals surface area contributed by atoms with Gasteiger partial charge in [0.05, 0.1) is 0 Å². The summed E-state index contributed by atoms with van der Waals surface area (Å²) in [6.45, 7) is 8.31. The number of ether oxygens (including phenoxy) is 4. The molecule has 132 valence electrons. The summed E-state index contributed by atoms with van der Waals surface area (Å²) in [4.78, 5) is 0. The van der Waals surface area contributed by atoms with Gasteiger partial charge in [0.1, 0.15) is 11.2 Å². The van der Waals surface area contributed by atoms with E-state index in [-0.39, 0.29) is 6.42 Å². The van der Waals surface area contributed by atoms with Crippen molar-refractivity contribution in [3.8, 4) is 0 Å². The van der Waals surface area contributed by atoms with Gasteiger partial charge in [-0.25, -0.2) is 0 Å². The maximum absolute atomic E-state index is 11.7. The zero-order valence-corrected chi connectivity index (χ0v) is 14.6. The fraction of sp³-hybridized carbons (Fsp3) is 0.667. The monoisotopic (exact) mass is 336 g/mol. The molecule has 2 unspecified atom stereocenters. The Morgan fingerprint density at radius 2 is 1.17 bits per heavy atom. The van der Waals surface area contributed by atoms with Crippen LogP contribution in [0.15, 0.2) is 30.3 Å². The lowest BCUT2D eigenvalue weighted by molar-refractivity contribution is -0.422. The molecule has 6 atom stereocenters. The highest BCUT2D eigenvalue weighted by molar-refractivity contribution is 5.28. The van der Waals surface area contributed by atoms with Crippen molar-refractivity contribution >= 4 is 0 Å². The molecular formula is C18H24O6. The second-order valence-electron chi connectivity index (χ2n) is 7.87. The Kier molecular flexibility index (Phi) is 2.88. The average Bonchev–Trinajstić information content (AvgIpc) is 2.77. The molecule has 1 aromatic carbocycles. The normalized spacial score (nSPS) is 56.3. The van der Waals surface area contributed by atoms with E-state index in [0.717, 1.165) is 0 Å². The molecule has 0 radical (unpaired) electrons. The first-order chi connectivity index (χ1) is 10.9. The summed E-state index contributed by atoms with van der Waals surface area (Å²) in [6.07, 6.45) is -0.0802. The largest absolute Gasteiger partial charge is 0.384 e. The van der Waals surface area contributed by atoms with E-state index in [1.165, 1.54) is 0 Å². The first-order valence-corrected chi connectivity index (χ1v) is 8.20. The molecule has 4 saturated heterocycles. The fourth-order valence-electron chi connectivity index (χ4n) is 4.23. The van der Waals surface area contributed by atoms with Gasteiger partial charge in [0.15, 0.2) is 0 Å². The van der Waals surface area contributed by atoms with E-state index in [0.29, 0.717) is 5.56 Å². The minimum Gasteiger partial charge on any atom is -0.384 e. The lowest BCUT2D eigenvalue weighted by Gasteiger charge is -2.52. The van der Waals surface area contributed by atoms with E-state index in [9.17, 15) is 10.2 Å². The van der Waals surface area contributed by atoms with Crippen molar-refractivity contribution in [2.75, 3.05) is 0 Å². The summed E-state index contributed by atoms with van der Waals surface area (Å²) in [5.41, 5.74) is -2.47. The third kappa shape index (κ3) is 1.71. The van der Waals surface area contributed by atoms with Crippen molar-refractivity contribution in [1.29, 1.82) is 0 Å². The van der Waals surface area contributed by atoms with Crippen LogP contribution in [0.3, 0.4) is 0 Å². The molecule has 0 saturated carbocycles. The molecule has 0 spiro atoms. The molecule has 24 heavy (non-hydrogen) atoms. The summed E-state index contributed by atoms with van der Waals surface area (Å²) in [7, 11) is 0. The molecule has 0 aliphatic carbocycles. The highest BCUT2D eigenvalue weighted by Crippen LogP contribution is 2.64. The number of aliphatic hydroxyl groups is 2. The summed E-state index contributed by atoms with van der Waals surface area (Å²) in [5, 5.41) is 22.9. The third-order valence-electron chi connectivity index (χ3n) is 5.96. The highest BCUT2D eigenvalue weighted by atomic mass is 17.0. The first kappa shape index (κ1) is 16.4. The number of fused-ring (bicyclic) bond motifs is 2. The van der Waals surface area contributed by atoms with Crippen molar-refractivity contribution in [2.45, 2.75) is 75.4 Å². The zero-order valence-electron chi connectivity index (χ0n) is 14.6. The second kappa shape index (κ2) is 4.20. The van der Waals surface area contributed by atoms with Gasteiger partial charge in [0, 0.05) is 6.42 Å². The van der Waals surface area contributed by atoms with Crippen molar-refractivity contribution in [3.63, 3.8) is 0 Å². The molecule has 5 rings (SSSR count). The van der Waals surface area contributed by atoms with E-state index in [1.807, 2.05) is 18.2 Å². The highest BCUT2D eigenvalue weighted by Gasteiger charge is 2.80. The molecule has 4 bridgehead atoms. The number of benzene rings is 1. The van der Waals surface area contributed by atoms with Crippen LogP contribution in [-0.4, -0.2) is 39.0 Å². The minimum atomic E-state index is -1.59. The van der Waals surface area contributed by atoms with Gasteiger partial charge in [0.25, 0.3) is 0 Å². The Hall–Kier alpha value is -1.02. The quantitative estimate of drug-likeness (QED) is 0.817. The first-order valence-electron chi connectivity index (χ1n) is 8.20. The molecule has 4 fully saturated rings. The van der Waals surface area contributed by atoms with Gasteiger partial charge < -0.3 is 29.2 Å². The predicted octanol–water partition coefficient (Wildman–Crippen LogP) is 1.99. The van der Waals surface area contributed by atoms with Crippen LogP contribution in [0.1, 0.15) is 46.6 Å². The maximum atomic E-state index is 11.7. The fourth-order valence-corrected chi connectivity index (χ4v) is 4.23. The molecule has 6 nitrogen and oxygen atoms in total. The van der Waals surface area contributed by atoms with Crippen molar-refractivity contribution < 1.29 is 29.2 Å². The molecule has 4 aliphatic heterocycles. The van der Waals surface area contributed by atoms with Crippen LogP contribution in [0, 0.1) is 0 Å². The van der Waals surface area contributed by atoms with Crippen LogP contribution in [0.2, 0.25) is 0 Å². The van der Waals surface area contributed by atoms with Crippen LogP contribution in [0.25, 0.3) is 0 Å². The van der Waals surface area contributed by atoms with Gasteiger partial charge >= 0.3 is 0 Å². The number of hydrogen-bond donors (Lipinski definition) is 2. The van der Waals surface area contributed by atoms with E-state index in [1.54, 1.807) is 46.8 Å². The van der Waals surface area contributed by atoms with Crippen LogP contribution < -0.4 is 0 Å². The number of rotatable bonds is 1. The molecule has 0 amide bonds. The van der Waals surface area contributed by atoms with Crippen LogP contribution in [-0.2, 0) is 24.5 Å². The van der Waals surface area contributed by atoms with Crippen LogP contribution in [0.4, 0.5) is 0 Å². The smallest absolute Gasteiger partial charge is 0.226 e. The maximum Gasteiger partial charge on any atom is 0.226 e. The lowest BCUT2D eigenvalue weighted by Crippen LogP contribution is -2.65. The van der Waals surface area contributed by atoms with Crippen molar-refractivity contribution in [2.24, 2.45) is 0 Å².